The van der Waals surface area contributed by atoms with E-state index in [1.165, 1.54) is 12.1 Å². The molecule has 26 heavy (non-hydrogen) atoms. The number of para-hydroxylation sites is 1. The third-order valence-electron chi connectivity index (χ3n) is 3.88. The Morgan fingerprint density at radius 1 is 1.27 bits per heavy atom. The van der Waals surface area contributed by atoms with E-state index in [9.17, 15) is 9.18 Å². The number of nitrogens with one attached hydrogen (secondary N) is 1. The number of rotatable bonds is 6. The van der Waals surface area contributed by atoms with Crippen LogP contribution in [0.3, 0.4) is 0 Å². The summed E-state index contributed by atoms with van der Waals surface area (Å²) in [4.78, 5) is 16.5. The van der Waals surface area contributed by atoms with Crippen molar-refractivity contribution in [2.24, 2.45) is 7.05 Å². The van der Waals surface area contributed by atoms with Crippen molar-refractivity contribution in [2.45, 2.75) is 19.6 Å². The first kappa shape index (κ1) is 17.6. The molecule has 0 saturated heterocycles. The zero-order valence-corrected chi connectivity index (χ0v) is 14.5. The Kier molecular flexibility index (Phi) is 5.26. The highest BCUT2D eigenvalue weighted by Crippen LogP contribution is 2.17. The molecule has 0 aliphatic rings. The molecule has 2 heterocycles. The van der Waals surface area contributed by atoms with Gasteiger partial charge in [0.15, 0.2) is 17.7 Å². The number of amides is 1. The summed E-state index contributed by atoms with van der Waals surface area (Å²) >= 11 is 0. The lowest BCUT2D eigenvalue weighted by molar-refractivity contribution is -0.127. The van der Waals surface area contributed by atoms with Crippen LogP contribution in [-0.4, -0.2) is 26.8 Å². The zero-order valence-electron chi connectivity index (χ0n) is 14.5. The number of halogens is 1. The normalized spacial score (nSPS) is 11.8. The Morgan fingerprint density at radius 2 is 2.08 bits per heavy atom. The van der Waals surface area contributed by atoms with Crippen molar-refractivity contribution < 1.29 is 13.9 Å². The van der Waals surface area contributed by atoms with Gasteiger partial charge in [0.1, 0.15) is 0 Å². The van der Waals surface area contributed by atoms with Crippen molar-refractivity contribution in [2.75, 3.05) is 0 Å². The maximum atomic E-state index is 13.6. The molecule has 0 bridgehead atoms. The Labute approximate surface area is 150 Å². The molecule has 2 aromatic heterocycles. The van der Waals surface area contributed by atoms with E-state index in [-0.39, 0.29) is 11.7 Å². The third kappa shape index (κ3) is 4.05. The third-order valence-corrected chi connectivity index (χ3v) is 3.88. The number of ether oxygens (including phenoxy) is 1. The molecule has 1 aromatic carbocycles. The van der Waals surface area contributed by atoms with E-state index in [2.05, 4.69) is 15.4 Å². The smallest absolute Gasteiger partial charge is 0.261 e. The SMILES string of the molecule is CC(Oc1ccccc1F)C(=O)NCc1ccc(-c2ccnn2C)nc1. The molecular weight excluding hydrogens is 335 g/mol. The number of nitrogens with zero attached hydrogens (tertiary/aromatic N) is 3. The molecule has 7 heteroatoms. The lowest BCUT2D eigenvalue weighted by atomic mass is 10.2. The van der Waals surface area contributed by atoms with Gasteiger partial charge in [-0.2, -0.15) is 5.10 Å². The van der Waals surface area contributed by atoms with Crippen LogP contribution in [0.15, 0.2) is 54.9 Å². The first-order chi connectivity index (χ1) is 12.5. The highest BCUT2D eigenvalue weighted by molar-refractivity contribution is 5.80. The van der Waals surface area contributed by atoms with Crippen molar-refractivity contribution in [3.05, 3.63) is 66.2 Å². The summed E-state index contributed by atoms with van der Waals surface area (Å²) in [6.07, 6.45) is 2.60. The highest BCUT2D eigenvalue weighted by atomic mass is 19.1. The Bertz CT molecular complexity index is 893. The van der Waals surface area contributed by atoms with Gasteiger partial charge in [0.05, 0.1) is 11.4 Å². The number of aromatic nitrogens is 3. The fourth-order valence-corrected chi connectivity index (χ4v) is 2.42. The topological polar surface area (TPSA) is 69.0 Å². The van der Waals surface area contributed by atoms with Gasteiger partial charge in [-0.15, -0.1) is 0 Å². The van der Waals surface area contributed by atoms with Gasteiger partial charge < -0.3 is 10.1 Å². The number of benzene rings is 1. The standard InChI is InChI=1S/C19H19FN4O2/c1-13(26-18-6-4-3-5-15(18)20)19(25)22-12-14-7-8-16(21-11-14)17-9-10-23-24(17)2/h3-11,13H,12H2,1-2H3,(H,22,25). The average molecular weight is 354 g/mol. The molecule has 1 amide bonds. The largest absolute Gasteiger partial charge is 0.478 e. The first-order valence-electron chi connectivity index (χ1n) is 8.17. The molecule has 3 aromatic rings. The van der Waals surface area contributed by atoms with Crippen molar-refractivity contribution in [1.29, 1.82) is 0 Å². The van der Waals surface area contributed by atoms with Gasteiger partial charge in [-0.25, -0.2) is 4.39 Å². The summed E-state index contributed by atoms with van der Waals surface area (Å²) in [5, 5.41) is 6.87. The molecule has 0 fully saturated rings. The zero-order chi connectivity index (χ0) is 18.5. The predicted octanol–water partition coefficient (Wildman–Crippen LogP) is 2.70. The Morgan fingerprint density at radius 3 is 2.73 bits per heavy atom. The van der Waals surface area contributed by atoms with Crippen LogP contribution in [0, 0.1) is 5.82 Å². The highest BCUT2D eigenvalue weighted by Gasteiger charge is 2.16. The minimum atomic E-state index is -0.812. The van der Waals surface area contributed by atoms with Crippen molar-refractivity contribution >= 4 is 5.91 Å². The second kappa shape index (κ2) is 7.77. The van der Waals surface area contributed by atoms with E-state index >= 15 is 0 Å². The van der Waals surface area contributed by atoms with Gasteiger partial charge in [-0.05, 0) is 36.8 Å². The maximum Gasteiger partial charge on any atom is 0.261 e. The van der Waals surface area contributed by atoms with Gasteiger partial charge in [0.2, 0.25) is 0 Å². The van der Waals surface area contributed by atoms with Crippen LogP contribution in [-0.2, 0) is 18.4 Å². The predicted molar refractivity (Wildman–Crippen MR) is 94.8 cm³/mol. The molecule has 1 unspecified atom stereocenters. The summed E-state index contributed by atoms with van der Waals surface area (Å²) in [6.45, 7) is 1.88. The summed E-state index contributed by atoms with van der Waals surface area (Å²) in [6, 6.07) is 11.6. The van der Waals surface area contributed by atoms with Crippen LogP contribution in [0.5, 0.6) is 5.75 Å². The van der Waals surface area contributed by atoms with Crippen LogP contribution in [0.2, 0.25) is 0 Å². The van der Waals surface area contributed by atoms with Gasteiger partial charge in [-0.3, -0.25) is 14.5 Å². The van der Waals surface area contributed by atoms with Crippen molar-refractivity contribution in [1.82, 2.24) is 20.1 Å². The van der Waals surface area contributed by atoms with Crippen LogP contribution < -0.4 is 10.1 Å². The van der Waals surface area contributed by atoms with E-state index < -0.39 is 11.9 Å². The fourth-order valence-electron chi connectivity index (χ4n) is 2.42. The van der Waals surface area contributed by atoms with Gasteiger partial charge >= 0.3 is 0 Å². The molecule has 0 spiro atoms. The van der Waals surface area contributed by atoms with Crippen molar-refractivity contribution in [3.8, 4) is 17.1 Å². The van der Waals surface area contributed by atoms with Crippen LogP contribution in [0.25, 0.3) is 11.4 Å². The number of carbonyl (C=O) groups is 1. The molecule has 3 rings (SSSR count). The Balaban J connectivity index is 1.56. The fraction of sp³-hybridized carbons (Fsp3) is 0.211. The number of pyridine rings is 1. The van der Waals surface area contributed by atoms with E-state index in [0.717, 1.165) is 17.0 Å². The number of hydrogen-bond donors (Lipinski definition) is 1. The molecule has 1 N–H and O–H groups in total. The lowest BCUT2D eigenvalue weighted by Gasteiger charge is -2.15. The second-order valence-corrected chi connectivity index (χ2v) is 5.80. The molecule has 0 saturated carbocycles. The molecule has 134 valence electrons. The number of aryl methyl sites for hydroxylation is 1. The van der Waals surface area contributed by atoms with Gasteiger partial charge in [0, 0.05) is 26.0 Å². The van der Waals surface area contributed by atoms with E-state index in [1.54, 1.807) is 36.1 Å². The van der Waals surface area contributed by atoms with Gasteiger partial charge in [-0.1, -0.05) is 18.2 Å². The maximum absolute atomic E-state index is 13.6. The average Bonchev–Trinajstić information content (AvgIpc) is 3.08. The second-order valence-electron chi connectivity index (χ2n) is 5.80. The summed E-state index contributed by atoms with van der Waals surface area (Å²) in [7, 11) is 1.85. The molecule has 6 nitrogen and oxygen atoms in total. The van der Waals surface area contributed by atoms with Gasteiger partial charge in [0.25, 0.3) is 5.91 Å². The first-order valence-corrected chi connectivity index (χ1v) is 8.17. The minimum Gasteiger partial charge on any atom is -0.478 e. The van der Waals surface area contributed by atoms with Crippen LogP contribution in [0.4, 0.5) is 4.39 Å². The van der Waals surface area contributed by atoms with Crippen LogP contribution >= 0.6 is 0 Å². The summed E-state index contributed by atoms with van der Waals surface area (Å²) in [5.41, 5.74) is 2.56. The van der Waals surface area contributed by atoms with E-state index in [4.69, 9.17) is 4.74 Å². The monoisotopic (exact) mass is 354 g/mol. The molecule has 0 aliphatic carbocycles. The van der Waals surface area contributed by atoms with E-state index in [1.807, 2.05) is 25.2 Å². The van der Waals surface area contributed by atoms with Crippen molar-refractivity contribution in [3.63, 3.8) is 0 Å². The molecular formula is C19H19FN4O2. The summed E-state index contributed by atoms with van der Waals surface area (Å²) in [5.74, 6) is -0.775. The quantitative estimate of drug-likeness (QED) is 0.739. The molecule has 0 aliphatic heterocycles. The lowest BCUT2D eigenvalue weighted by Crippen LogP contribution is -2.36. The summed E-state index contributed by atoms with van der Waals surface area (Å²) < 4.78 is 20.7. The van der Waals surface area contributed by atoms with E-state index in [0.29, 0.717) is 6.54 Å². The minimum absolute atomic E-state index is 0.0531. The molecule has 0 radical (unpaired) electrons. The molecule has 1 atom stereocenters. The van der Waals surface area contributed by atoms with Crippen LogP contribution in [0.1, 0.15) is 12.5 Å². The Hall–Kier alpha value is -3.22. The number of hydrogen-bond acceptors (Lipinski definition) is 4. The number of carbonyl (C=O) groups excluding carboxylic acids is 1.